The van der Waals surface area contributed by atoms with Gasteiger partial charge in [0.2, 0.25) is 0 Å². The number of benzene rings is 2. The largest absolute Gasteiger partial charge is 0.387 e. The molecule has 124 valence electrons. The van der Waals surface area contributed by atoms with Crippen LogP contribution in [0.15, 0.2) is 48.7 Å². The van der Waals surface area contributed by atoms with Gasteiger partial charge in [-0.2, -0.15) is 0 Å². The maximum absolute atomic E-state index is 6.21. The summed E-state index contributed by atoms with van der Waals surface area (Å²) in [5, 5.41) is 5.30. The molecule has 0 saturated carbocycles. The summed E-state index contributed by atoms with van der Waals surface area (Å²) in [6.07, 6.45) is 3.35. The highest BCUT2D eigenvalue weighted by Crippen LogP contribution is 2.33. The molecule has 1 unspecified atom stereocenters. The van der Waals surface area contributed by atoms with Gasteiger partial charge < -0.3 is 10.3 Å². The molecule has 24 heavy (non-hydrogen) atoms. The number of rotatable bonds is 4. The average molecular weight is 340 g/mol. The Labute approximate surface area is 147 Å². The predicted octanol–water partition coefficient (Wildman–Crippen LogP) is 4.85. The van der Waals surface area contributed by atoms with Gasteiger partial charge in [0.1, 0.15) is 0 Å². The van der Waals surface area contributed by atoms with E-state index in [4.69, 9.17) is 11.6 Å². The van der Waals surface area contributed by atoms with Crippen molar-refractivity contribution in [3.8, 4) is 0 Å². The molecule has 0 bridgehead atoms. The number of hydrogen-bond acceptors (Lipinski definition) is 2. The fourth-order valence-electron chi connectivity index (χ4n) is 3.74. The van der Waals surface area contributed by atoms with Crippen molar-refractivity contribution in [2.75, 3.05) is 25.5 Å². The van der Waals surface area contributed by atoms with E-state index in [0.29, 0.717) is 5.92 Å². The number of nitrogens with zero attached hydrogens (tertiary/aromatic N) is 1. The second-order valence-electron chi connectivity index (χ2n) is 6.57. The second-order valence-corrected chi connectivity index (χ2v) is 6.98. The van der Waals surface area contributed by atoms with E-state index >= 15 is 0 Å². The van der Waals surface area contributed by atoms with Gasteiger partial charge in [0, 0.05) is 37.2 Å². The number of para-hydroxylation sites is 1. The van der Waals surface area contributed by atoms with E-state index in [1.54, 1.807) is 0 Å². The van der Waals surface area contributed by atoms with Crippen LogP contribution in [0.25, 0.3) is 10.9 Å². The zero-order valence-corrected chi connectivity index (χ0v) is 14.6. The first-order valence-electron chi connectivity index (χ1n) is 8.49. The molecular weight excluding hydrogens is 318 g/mol. The molecule has 1 atom stereocenters. The van der Waals surface area contributed by atoms with Crippen molar-refractivity contribution in [2.24, 2.45) is 0 Å². The summed E-state index contributed by atoms with van der Waals surface area (Å²) in [4.78, 5) is 5.93. The zero-order chi connectivity index (χ0) is 16.5. The highest BCUT2D eigenvalue weighted by atomic mass is 35.5. The summed E-state index contributed by atoms with van der Waals surface area (Å²) in [6, 6.07) is 14.9. The SMILES string of the molecule is CNc1cc(C2CCN(Cc3c[nH]c4ccccc34)C2)ccc1Cl. The van der Waals surface area contributed by atoms with E-state index in [0.717, 1.165) is 30.3 Å². The normalized spacial score (nSPS) is 18.3. The van der Waals surface area contributed by atoms with Gasteiger partial charge in [-0.3, -0.25) is 4.90 Å². The van der Waals surface area contributed by atoms with Gasteiger partial charge in [0.15, 0.2) is 0 Å². The van der Waals surface area contributed by atoms with E-state index in [1.165, 1.54) is 28.5 Å². The number of aromatic nitrogens is 1. The Morgan fingerprint density at radius 2 is 2.12 bits per heavy atom. The van der Waals surface area contributed by atoms with E-state index in [1.807, 2.05) is 13.1 Å². The van der Waals surface area contributed by atoms with Crippen molar-refractivity contribution in [3.63, 3.8) is 0 Å². The predicted molar refractivity (Wildman–Crippen MR) is 102 cm³/mol. The minimum atomic E-state index is 0.583. The van der Waals surface area contributed by atoms with E-state index in [2.05, 4.69) is 57.8 Å². The van der Waals surface area contributed by atoms with Gasteiger partial charge in [0.25, 0.3) is 0 Å². The molecule has 4 rings (SSSR count). The molecule has 0 aliphatic carbocycles. The molecule has 0 amide bonds. The van der Waals surface area contributed by atoms with Gasteiger partial charge >= 0.3 is 0 Å². The van der Waals surface area contributed by atoms with Crippen LogP contribution in [0.2, 0.25) is 5.02 Å². The third kappa shape index (κ3) is 2.90. The number of likely N-dealkylation sites (tertiary alicyclic amines) is 1. The van der Waals surface area contributed by atoms with Gasteiger partial charge in [0.05, 0.1) is 10.7 Å². The molecule has 1 fully saturated rings. The molecule has 2 aromatic carbocycles. The molecule has 1 aliphatic rings. The van der Waals surface area contributed by atoms with Crippen LogP contribution in [0.1, 0.15) is 23.5 Å². The lowest BCUT2D eigenvalue weighted by Gasteiger charge is -2.16. The lowest BCUT2D eigenvalue weighted by Crippen LogP contribution is -2.19. The summed E-state index contributed by atoms with van der Waals surface area (Å²) in [6.45, 7) is 3.25. The first kappa shape index (κ1) is 15.6. The highest BCUT2D eigenvalue weighted by Gasteiger charge is 2.24. The van der Waals surface area contributed by atoms with E-state index in [9.17, 15) is 0 Å². The minimum Gasteiger partial charge on any atom is -0.387 e. The fourth-order valence-corrected chi connectivity index (χ4v) is 3.95. The summed E-state index contributed by atoms with van der Waals surface area (Å²) in [7, 11) is 1.92. The Morgan fingerprint density at radius 1 is 1.25 bits per heavy atom. The second kappa shape index (κ2) is 6.50. The zero-order valence-electron chi connectivity index (χ0n) is 13.8. The summed E-state index contributed by atoms with van der Waals surface area (Å²) >= 11 is 6.21. The monoisotopic (exact) mass is 339 g/mol. The van der Waals surface area contributed by atoms with Crippen LogP contribution in [0.4, 0.5) is 5.69 Å². The Hall–Kier alpha value is -1.97. The van der Waals surface area contributed by atoms with Crippen molar-refractivity contribution >= 4 is 28.2 Å². The van der Waals surface area contributed by atoms with E-state index < -0.39 is 0 Å². The van der Waals surface area contributed by atoms with Crippen molar-refractivity contribution < 1.29 is 0 Å². The Kier molecular flexibility index (Phi) is 4.21. The van der Waals surface area contributed by atoms with Gasteiger partial charge in [-0.05, 0) is 48.2 Å². The Bertz CT molecular complexity index is 855. The van der Waals surface area contributed by atoms with Crippen molar-refractivity contribution in [1.29, 1.82) is 0 Å². The first-order valence-corrected chi connectivity index (χ1v) is 8.87. The number of aromatic amines is 1. The van der Waals surface area contributed by atoms with Crippen molar-refractivity contribution in [1.82, 2.24) is 9.88 Å². The van der Waals surface area contributed by atoms with Gasteiger partial charge in [-0.25, -0.2) is 0 Å². The molecule has 3 aromatic rings. The fraction of sp³-hybridized carbons (Fsp3) is 0.300. The summed E-state index contributed by atoms with van der Waals surface area (Å²) < 4.78 is 0. The van der Waals surface area contributed by atoms with Crippen molar-refractivity contribution in [2.45, 2.75) is 18.9 Å². The topological polar surface area (TPSA) is 31.1 Å². The number of anilines is 1. The molecule has 2 heterocycles. The molecule has 0 radical (unpaired) electrons. The number of fused-ring (bicyclic) bond motifs is 1. The average Bonchev–Trinajstić information content (AvgIpc) is 3.23. The molecule has 2 N–H and O–H groups in total. The first-order chi connectivity index (χ1) is 11.7. The highest BCUT2D eigenvalue weighted by molar-refractivity contribution is 6.33. The molecule has 4 heteroatoms. The van der Waals surface area contributed by atoms with Crippen LogP contribution in [0.5, 0.6) is 0 Å². The van der Waals surface area contributed by atoms with Gasteiger partial charge in [-0.15, -0.1) is 0 Å². The van der Waals surface area contributed by atoms with Crippen LogP contribution in [-0.4, -0.2) is 30.0 Å². The Morgan fingerprint density at radius 3 is 3.00 bits per heavy atom. The smallest absolute Gasteiger partial charge is 0.0637 e. The molecular formula is C20H22ClN3. The van der Waals surface area contributed by atoms with Crippen LogP contribution >= 0.6 is 11.6 Å². The molecule has 0 spiro atoms. The summed E-state index contributed by atoms with van der Waals surface area (Å²) in [5.74, 6) is 0.583. The molecule has 3 nitrogen and oxygen atoms in total. The number of hydrogen-bond donors (Lipinski definition) is 2. The molecule has 1 saturated heterocycles. The number of halogens is 1. The van der Waals surface area contributed by atoms with Crippen LogP contribution < -0.4 is 5.32 Å². The van der Waals surface area contributed by atoms with Crippen LogP contribution in [0, 0.1) is 0 Å². The number of nitrogens with one attached hydrogen (secondary N) is 2. The standard InChI is InChI=1S/C20H22ClN3/c1-22-20-10-14(6-7-18(20)21)15-8-9-24(12-15)13-16-11-23-19-5-3-2-4-17(16)19/h2-7,10-11,15,22-23H,8-9,12-13H2,1H3. The summed E-state index contributed by atoms with van der Waals surface area (Å²) in [5.41, 5.74) is 5.01. The maximum atomic E-state index is 6.21. The van der Waals surface area contributed by atoms with Gasteiger partial charge in [-0.1, -0.05) is 35.9 Å². The number of H-pyrrole nitrogens is 1. The molecule has 1 aromatic heterocycles. The van der Waals surface area contributed by atoms with E-state index in [-0.39, 0.29) is 0 Å². The third-order valence-corrected chi connectivity index (χ3v) is 5.40. The third-order valence-electron chi connectivity index (χ3n) is 5.07. The maximum Gasteiger partial charge on any atom is 0.0637 e. The lowest BCUT2D eigenvalue weighted by atomic mass is 9.98. The molecule has 1 aliphatic heterocycles. The minimum absolute atomic E-state index is 0.583. The van der Waals surface area contributed by atoms with Crippen molar-refractivity contribution in [3.05, 3.63) is 64.8 Å². The lowest BCUT2D eigenvalue weighted by molar-refractivity contribution is 0.328. The quantitative estimate of drug-likeness (QED) is 0.711. The van der Waals surface area contributed by atoms with Crippen LogP contribution in [-0.2, 0) is 6.54 Å². The van der Waals surface area contributed by atoms with Crippen LogP contribution in [0.3, 0.4) is 0 Å². The Balaban J connectivity index is 1.48.